The van der Waals surface area contributed by atoms with E-state index in [1.165, 1.54) is 11.1 Å². The summed E-state index contributed by atoms with van der Waals surface area (Å²) < 4.78 is 0. The second-order valence-corrected chi connectivity index (χ2v) is 7.35. The number of Topliss-reactive ketones (excluding diaryl/α,β-unsaturated/α-hetero) is 2. The van der Waals surface area contributed by atoms with Gasteiger partial charge in [-0.25, -0.2) is 0 Å². The van der Waals surface area contributed by atoms with Crippen molar-refractivity contribution in [1.29, 1.82) is 0 Å². The molecule has 2 saturated heterocycles. The van der Waals surface area contributed by atoms with Crippen molar-refractivity contribution in [3.8, 4) is 0 Å². The van der Waals surface area contributed by atoms with Crippen LogP contribution in [0.1, 0.15) is 36.8 Å². The van der Waals surface area contributed by atoms with Crippen LogP contribution >= 0.6 is 0 Å². The molecule has 0 aromatic carbocycles. The molecule has 2 aromatic heterocycles. The van der Waals surface area contributed by atoms with Crippen molar-refractivity contribution < 1.29 is 9.59 Å². The topological polar surface area (TPSA) is 66.4 Å². The monoisotopic (exact) mass is 380 g/mol. The highest BCUT2D eigenvalue weighted by molar-refractivity contribution is 5.79. The van der Waals surface area contributed by atoms with E-state index in [0.717, 1.165) is 39.3 Å². The van der Waals surface area contributed by atoms with E-state index in [1.54, 1.807) is 12.4 Å². The minimum absolute atomic E-state index is 0.396. The maximum Gasteiger partial charge on any atom is 0.135 e. The van der Waals surface area contributed by atoms with Gasteiger partial charge >= 0.3 is 0 Å². The molecule has 0 spiro atoms. The Balaban J connectivity index is 0.000000161. The van der Waals surface area contributed by atoms with Gasteiger partial charge in [0.15, 0.2) is 0 Å². The average Bonchev–Trinajstić information content (AvgIpc) is 2.74. The number of hydrogen-bond acceptors (Lipinski definition) is 6. The highest BCUT2D eigenvalue weighted by atomic mass is 16.1. The molecule has 0 saturated carbocycles. The summed E-state index contributed by atoms with van der Waals surface area (Å²) >= 11 is 0. The van der Waals surface area contributed by atoms with E-state index in [4.69, 9.17) is 0 Å². The third-order valence-corrected chi connectivity index (χ3v) is 5.09. The number of likely N-dealkylation sites (tertiary alicyclic amines) is 2. The molecule has 0 bridgehead atoms. The molecule has 2 aliphatic heterocycles. The molecule has 2 fully saturated rings. The average molecular weight is 380 g/mol. The van der Waals surface area contributed by atoms with Gasteiger partial charge in [-0.1, -0.05) is 12.1 Å². The Labute approximate surface area is 166 Å². The lowest BCUT2D eigenvalue weighted by Gasteiger charge is -2.25. The minimum Gasteiger partial charge on any atom is -0.300 e. The van der Waals surface area contributed by atoms with Crippen LogP contribution in [0.25, 0.3) is 0 Å². The first-order valence-corrected chi connectivity index (χ1v) is 9.95. The van der Waals surface area contributed by atoms with Gasteiger partial charge in [0.1, 0.15) is 11.6 Å². The van der Waals surface area contributed by atoms with Crippen LogP contribution in [-0.2, 0) is 22.7 Å². The number of ketones is 2. The summed E-state index contributed by atoms with van der Waals surface area (Å²) in [6.45, 7) is 5.42. The number of rotatable bonds is 4. The molecule has 6 heteroatoms. The molecule has 0 N–H and O–H groups in total. The second-order valence-electron chi connectivity index (χ2n) is 7.35. The molecule has 148 valence electrons. The number of hydrogen-bond donors (Lipinski definition) is 0. The van der Waals surface area contributed by atoms with Crippen molar-refractivity contribution >= 4 is 11.6 Å². The number of nitrogens with zero attached hydrogens (tertiary/aromatic N) is 4. The van der Waals surface area contributed by atoms with Crippen LogP contribution in [0.3, 0.4) is 0 Å². The number of pyridine rings is 2. The van der Waals surface area contributed by atoms with Gasteiger partial charge in [-0.15, -0.1) is 0 Å². The van der Waals surface area contributed by atoms with Gasteiger partial charge in [0.2, 0.25) is 0 Å². The molecule has 6 nitrogen and oxygen atoms in total. The van der Waals surface area contributed by atoms with Crippen LogP contribution in [-0.4, -0.2) is 57.5 Å². The Kier molecular flexibility index (Phi) is 7.82. The zero-order valence-corrected chi connectivity index (χ0v) is 16.3. The fraction of sp³-hybridized carbons (Fsp3) is 0.455. The van der Waals surface area contributed by atoms with Crippen LogP contribution in [0.5, 0.6) is 0 Å². The smallest absolute Gasteiger partial charge is 0.135 e. The first-order valence-electron chi connectivity index (χ1n) is 9.95. The van der Waals surface area contributed by atoms with Crippen molar-refractivity contribution in [2.75, 3.05) is 26.2 Å². The van der Waals surface area contributed by atoms with E-state index >= 15 is 0 Å². The summed E-state index contributed by atoms with van der Waals surface area (Å²) in [6, 6.07) is 8.04. The van der Waals surface area contributed by atoms with Crippen molar-refractivity contribution in [2.24, 2.45) is 0 Å². The third-order valence-electron chi connectivity index (χ3n) is 5.09. The molecule has 0 unspecified atom stereocenters. The van der Waals surface area contributed by atoms with Gasteiger partial charge in [0.05, 0.1) is 0 Å². The maximum absolute atomic E-state index is 11.0. The normalized spacial score (nSPS) is 18.4. The molecule has 4 heterocycles. The summed E-state index contributed by atoms with van der Waals surface area (Å²) in [5, 5.41) is 0. The van der Waals surface area contributed by atoms with Gasteiger partial charge in [-0.05, 0) is 23.3 Å². The first-order chi connectivity index (χ1) is 13.7. The molecule has 4 rings (SSSR count). The van der Waals surface area contributed by atoms with Gasteiger partial charge in [-0.3, -0.25) is 29.4 Å². The summed E-state index contributed by atoms with van der Waals surface area (Å²) in [5.74, 6) is 0.792. The molecule has 2 aliphatic rings. The summed E-state index contributed by atoms with van der Waals surface area (Å²) in [4.78, 5) is 34.8. The van der Waals surface area contributed by atoms with Crippen molar-refractivity contribution in [1.82, 2.24) is 19.8 Å². The first kappa shape index (κ1) is 20.3. The van der Waals surface area contributed by atoms with E-state index in [9.17, 15) is 9.59 Å². The van der Waals surface area contributed by atoms with E-state index in [1.807, 2.05) is 24.5 Å². The van der Waals surface area contributed by atoms with Gasteiger partial charge in [-0.2, -0.15) is 0 Å². The zero-order valence-electron chi connectivity index (χ0n) is 16.3. The van der Waals surface area contributed by atoms with Crippen molar-refractivity contribution in [2.45, 2.75) is 38.8 Å². The van der Waals surface area contributed by atoms with Crippen LogP contribution in [0, 0.1) is 0 Å². The Morgan fingerprint density at radius 3 is 1.39 bits per heavy atom. The summed E-state index contributed by atoms with van der Waals surface area (Å²) in [6.07, 6.45) is 10.2. The lowest BCUT2D eigenvalue weighted by Crippen LogP contribution is -2.33. The quantitative estimate of drug-likeness (QED) is 0.812. The molecule has 0 atom stereocenters. The summed E-state index contributed by atoms with van der Waals surface area (Å²) in [7, 11) is 0. The van der Waals surface area contributed by atoms with Gasteiger partial charge in [0.25, 0.3) is 0 Å². The van der Waals surface area contributed by atoms with E-state index in [2.05, 4.69) is 31.9 Å². The van der Waals surface area contributed by atoms with E-state index < -0.39 is 0 Å². The maximum atomic E-state index is 11.0. The molecule has 0 aliphatic carbocycles. The molecule has 2 aromatic rings. The predicted molar refractivity (Wildman–Crippen MR) is 108 cm³/mol. The summed E-state index contributed by atoms with van der Waals surface area (Å²) in [5.41, 5.74) is 2.45. The van der Waals surface area contributed by atoms with E-state index in [-0.39, 0.29) is 0 Å². The fourth-order valence-corrected chi connectivity index (χ4v) is 3.42. The van der Waals surface area contributed by atoms with Crippen molar-refractivity contribution in [3.05, 3.63) is 60.2 Å². The molecule has 0 radical (unpaired) electrons. The van der Waals surface area contributed by atoms with Crippen LogP contribution < -0.4 is 0 Å². The van der Waals surface area contributed by atoms with Crippen LogP contribution in [0.2, 0.25) is 0 Å². The standard InChI is InChI=1S/2C11H14N2O/c2*14-11-3-6-13(7-4-11)9-10-2-1-5-12-8-10/h2*1-2,5,8H,3-4,6-7,9H2. The SMILES string of the molecule is O=C1CCN(Cc2cccnc2)CC1.O=C1CCN(Cc2cccnc2)CC1. The second kappa shape index (κ2) is 10.8. The lowest BCUT2D eigenvalue weighted by molar-refractivity contribution is -0.122. The number of piperidine rings is 2. The van der Waals surface area contributed by atoms with Crippen LogP contribution in [0.15, 0.2) is 49.1 Å². The molecular weight excluding hydrogens is 352 g/mol. The minimum atomic E-state index is 0.396. The Morgan fingerprint density at radius 2 is 1.07 bits per heavy atom. The molecular formula is C22H28N4O2. The highest BCUT2D eigenvalue weighted by Gasteiger charge is 2.16. The number of carbonyl (C=O) groups excluding carboxylic acids is 2. The lowest BCUT2D eigenvalue weighted by atomic mass is 10.1. The molecule has 0 amide bonds. The fourth-order valence-electron chi connectivity index (χ4n) is 3.42. The molecule has 28 heavy (non-hydrogen) atoms. The zero-order chi connectivity index (χ0) is 19.6. The van der Waals surface area contributed by atoms with Gasteiger partial charge in [0, 0.05) is 89.7 Å². The van der Waals surface area contributed by atoms with Crippen LogP contribution in [0.4, 0.5) is 0 Å². The third kappa shape index (κ3) is 6.94. The van der Waals surface area contributed by atoms with Crippen molar-refractivity contribution in [3.63, 3.8) is 0 Å². The predicted octanol–water partition coefficient (Wildman–Crippen LogP) is 2.49. The highest BCUT2D eigenvalue weighted by Crippen LogP contribution is 2.10. The van der Waals surface area contributed by atoms with Gasteiger partial charge < -0.3 is 0 Å². The number of carbonyl (C=O) groups is 2. The Morgan fingerprint density at radius 1 is 0.679 bits per heavy atom. The van der Waals surface area contributed by atoms with E-state index in [0.29, 0.717) is 37.2 Å². The Hall–Kier alpha value is -2.44. The number of aromatic nitrogens is 2. The largest absolute Gasteiger partial charge is 0.300 e. The Bertz CT molecular complexity index is 666.